The molecule has 0 spiro atoms. The maximum atomic E-state index is 6.09. The fourth-order valence-electron chi connectivity index (χ4n) is 2.84. The highest BCUT2D eigenvalue weighted by atomic mass is 16.5. The standard InChI is InChI=1S/C13H29N3O/c1-12(10-17-4)16(3)13(11-14)6-5-8-15(2)9-7-13/h12H,5-11,14H2,1-4H3. The Morgan fingerprint density at radius 1 is 1.41 bits per heavy atom. The smallest absolute Gasteiger partial charge is 0.0615 e. The number of methoxy groups -OCH3 is 1. The maximum Gasteiger partial charge on any atom is 0.0615 e. The normalized spacial score (nSPS) is 29.3. The van der Waals surface area contributed by atoms with Gasteiger partial charge in [0.25, 0.3) is 0 Å². The van der Waals surface area contributed by atoms with Crippen molar-refractivity contribution < 1.29 is 4.74 Å². The van der Waals surface area contributed by atoms with Gasteiger partial charge in [0.15, 0.2) is 0 Å². The van der Waals surface area contributed by atoms with Crippen LogP contribution in [0.15, 0.2) is 0 Å². The van der Waals surface area contributed by atoms with Crippen molar-refractivity contribution in [1.29, 1.82) is 0 Å². The number of nitrogens with zero attached hydrogens (tertiary/aromatic N) is 2. The summed E-state index contributed by atoms with van der Waals surface area (Å²) in [7, 11) is 6.16. The molecule has 1 heterocycles. The van der Waals surface area contributed by atoms with Crippen LogP contribution in [0.25, 0.3) is 0 Å². The van der Waals surface area contributed by atoms with Gasteiger partial charge in [0.1, 0.15) is 0 Å². The third-order valence-corrected chi connectivity index (χ3v) is 4.34. The number of likely N-dealkylation sites (N-methyl/N-ethyl adjacent to an activating group) is 1. The van der Waals surface area contributed by atoms with E-state index in [1.54, 1.807) is 7.11 Å². The Morgan fingerprint density at radius 3 is 2.71 bits per heavy atom. The number of hydrogen-bond acceptors (Lipinski definition) is 4. The van der Waals surface area contributed by atoms with E-state index >= 15 is 0 Å². The van der Waals surface area contributed by atoms with Crippen molar-refractivity contribution in [3.63, 3.8) is 0 Å². The maximum absolute atomic E-state index is 6.09. The lowest BCUT2D eigenvalue weighted by Gasteiger charge is -2.44. The molecular formula is C13H29N3O. The van der Waals surface area contributed by atoms with Gasteiger partial charge >= 0.3 is 0 Å². The second-order valence-corrected chi connectivity index (χ2v) is 5.50. The van der Waals surface area contributed by atoms with Crippen LogP contribution in [0.3, 0.4) is 0 Å². The van der Waals surface area contributed by atoms with E-state index in [1.807, 2.05) is 0 Å². The summed E-state index contributed by atoms with van der Waals surface area (Å²) in [5.74, 6) is 0. The first kappa shape index (κ1) is 14.9. The number of likely N-dealkylation sites (tertiary alicyclic amines) is 1. The van der Waals surface area contributed by atoms with E-state index in [1.165, 1.54) is 19.4 Å². The average molecular weight is 243 g/mol. The van der Waals surface area contributed by atoms with E-state index in [0.29, 0.717) is 6.04 Å². The summed E-state index contributed by atoms with van der Waals surface area (Å²) in [6, 6.07) is 0.423. The summed E-state index contributed by atoms with van der Waals surface area (Å²) in [6.45, 7) is 6.06. The van der Waals surface area contributed by atoms with Crippen LogP contribution in [-0.2, 0) is 4.74 Å². The fourth-order valence-corrected chi connectivity index (χ4v) is 2.84. The first-order valence-electron chi connectivity index (χ1n) is 6.66. The molecule has 0 amide bonds. The fraction of sp³-hybridized carbons (Fsp3) is 1.00. The number of rotatable bonds is 5. The average Bonchev–Trinajstić information content (AvgIpc) is 2.51. The lowest BCUT2D eigenvalue weighted by atomic mass is 9.87. The summed E-state index contributed by atoms with van der Waals surface area (Å²) < 4.78 is 5.26. The number of nitrogens with two attached hydrogens (primary N) is 1. The highest BCUT2D eigenvalue weighted by Gasteiger charge is 2.36. The van der Waals surface area contributed by atoms with Gasteiger partial charge in [-0.15, -0.1) is 0 Å². The SMILES string of the molecule is COCC(C)N(C)C1(CN)CCCN(C)CC1. The molecule has 0 bridgehead atoms. The first-order valence-corrected chi connectivity index (χ1v) is 6.66. The van der Waals surface area contributed by atoms with Gasteiger partial charge < -0.3 is 15.4 Å². The molecule has 1 saturated heterocycles. The predicted molar refractivity (Wildman–Crippen MR) is 72.2 cm³/mol. The number of ether oxygens (including phenoxy) is 1. The van der Waals surface area contributed by atoms with Crippen LogP contribution in [0, 0.1) is 0 Å². The lowest BCUT2D eigenvalue weighted by Crippen LogP contribution is -2.56. The molecule has 1 rings (SSSR count). The summed E-state index contributed by atoms with van der Waals surface area (Å²) in [5.41, 5.74) is 6.24. The van der Waals surface area contributed by atoms with Gasteiger partial charge in [-0.3, -0.25) is 4.90 Å². The van der Waals surface area contributed by atoms with E-state index in [2.05, 4.69) is 30.8 Å². The minimum absolute atomic E-state index is 0.155. The molecule has 4 heteroatoms. The van der Waals surface area contributed by atoms with Crippen molar-refractivity contribution in [2.75, 3.05) is 47.4 Å². The van der Waals surface area contributed by atoms with Gasteiger partial charge in [-0.05, 0) is 53.4 Å². The van der Waals surface area contributed by atoms with Crippen molar-refractivity contribution in [1.82, 2.24) is 9.80 Å². The zero-order valence-corrected chi connectivity index (χ0v) is 11.9. The van der Waals surface area contributed by atoms with E-state index in [0.717, 1.165) is 26.1 Å². The third kappa shape index (κ3) is 3.65. The lowest BCUT2D eigenvalue weighted by molar-refractivity contribution is 0.0293. The largest absolute Gasteiger partial charge is 0.383 e. The highest BCUT2D eigenvalue weighted by molar-refractivity contribution is 4.94. The summed E-state index contributed by atoms with van der Waals surface area (Å²) in [4.78, 5) is 4.85. The van der Waals surface area contributed by atoms with E-state index in [4.69, 9.17) is 10.5 Å². The molecule has 1 fully saturated rings. The molecule has 0 aromatic heterocycles. The molecule has 2 unspecified atom stereocenters. The van der Waals surface area contributed by atoms with Crippen LogP contribution >= 0.6 is 0 Å². The van der Waals surface area contributed by atoms with Gasteiger partial charge in [-0.2, -0.15) is 0 Å². The van der Waals surface area contributed by atoms with Crippen molar-refractivity contribution in [2.24, 2.45) is 5.73 Å². The van der Waals surface area contributed by atoms with Crippen LogP contribution in [0.4, 0.5) is 0 Å². The molecule has 2 atom stereocenters. The molecule has 2 N–H and O–H groups in total. The van der Waals surface area contributed by atoms with Crippen molar-refractivity contribution >= 4 is 0 Å². The second kappa shape index (κ2) is 6.69. The molecular weight excluding hydrogens is 214 g/mol. The Bertz CT molecular complexity index is 225. The molecule has 0 aromatic carbocycles. The van der Waals surface area contributed by atoms with Gasteiger partial charge in [0.2, 0.25) is 0 Å². The van der Waals surface area contributed by atoms with Crippen LogP contribution in [-0.4, -0.2) is 68.8 Å². The van der Waals surface area contributed by atoms with Gasteiger partial charge in [-0.1, -0.05) is 0 Å². The first-order chi connectivity index (χ1) is 8.05. The monoisotopic (exact) mass is 243 g/mol. The van der Waals surface area contributed by atoms with E-state index < -0.39 is 0 Å². The molecule has 0 aromatic rings. The molecule has 17 heavy (non-hydrogen) atoms. The Labute approximate surface area is 106 Å². The zero-order chi connectivity index (χ0) is 12.9. The second-order valence-electron chi connectivity index (χ2n) is 5.50. The van der Waals surface area contributed by atoms with Crippen LogP contribution in [0.5, 0.6) is 0 Å². The summed E-state index contributed by atoms with van der Waals surface area (Å²) in [5, 5.41) is 0. The highest BCUT2D eigenvalue weighted by Crippen LogP contribution is 2.28. The number of hydrogen-bond donors (Lipinski definition) is 1. The van der Waals surface area contributed by atoms with E-state index in [9.17, 15) is 0 Å². The van der Waals surface area contributed by atoms with Gasteiger partial charge in [-0.25, -0.2) is 0 Å². The Balaban J connectivity index is 2.71. The summed E-state index contributed by atoms with van der Waals surface area (Å²) >= 11 is 0. The zero-order valence-electron chi connectivity index (χ0n) is 11.9. The minimum Gasteiger partial charge on any atom is -0.383 e. The molecule has 1 aliphatic rings. The molecule has 102 valence electrons. The minimum atomic E-state index is 0.155. The van der Waals surface area contributed by atoms with Crippen LogP contribution in [0.1, 0.15) is 26.2 Å². The topological polar surface area (TPSA) is 41.7 Å². The molecule has 1 aliphatic heterocycles. The van der Waals surface area contributed by atoms with E-state index in [-0.39, 0.29) is 5.54 Å². The van der Waals surface area contributed by atoms with Crippen molar-refractivity contribution in [2.45, 2.75) is 37.8 Å². The third-order valence-electron chi connectivity index (χ3n) is 4.34. The van der Waals surface area contributed by atoms with Crippen LogP contribution in [0.2, 0.25) is 0 Å². The quantitative estimate of drug-likeness (QED) is 0.774. The Hall–Kier alpha value is -0.160. The van der Waals surface area contributed by atoms with Crippen LogP contribution < -0.4 is 5.73 Å². The summed E-state index contributed by atoms with van der Waals surface area (Å²) in [6.07, 6.45) is 3.58. The Morgan fingerprint density at radius 2 is 2.12 bits per heavy atom. The molecule has 0 aliphatic carbocycles. The molecule has 0 saturated carbocycles. The van der Waals surface area contributed by atoms with Crippen molar-refractivity contribution in [3.05, 3.63) is 0 Å². The molecule has 4 nitrogen and oxygen atoms in total. The predicted octanol–water partition coefficient (Wildman–Crippen LogP) is 0.766. The molecule has 0 radical (unpaired) electrons. The van der Waals surface area contributed by atoms with Crippen molar-refractivity contribution in [3.8, 4) is 0 Å². The Kier molecular flexibility index (Phi) is 5.86. The van der Waals surface area contributed by atoms with Gasteiger partial charge in [0.05, 0.1) is 6.61 Å². The van der Waals surface area contributed by atoms with Gasteiger partial charge in [0, 0.05) is 25.2 Å².